The quantitative estimate of drug-likeness (QED) is 0.334. The molecule has 0 nitrogen and oxygen atoms in total. The molecule has 0 bridgehead atoms. The van der Waals surface area contributed by atoms with Crippen LogP contribution < -0.4 is 0 Å². The fourth-order valence-electron chi connectivity index (χ4n) is 0.471. The van der Waals surface area contributed by atoms with Crippen molar-refractivity contribution in [3.8, 4) is 0 Å². The van der Waals surface area contributed by atoms with Crippen molar-refractivity contribution in [1.29, 1.82) is 0 Å². The first-order valence-corrected chi connectivity index (χ1v) is 10.3. The summed E-state index contributed by atoms with van der Waals surface area (Å²) in [7, 11) is 7.81. The third kappa shape index (κ3) is 8.35. The first-order chi connectivity index (χ1) is 5.85. The van der Waals surface area contributed by atoms with Gasteiger partial charge in [0.1, 0.15) is 0 Å². The number of thioether (sulfide) groups is 1. The molecule has 1 unspecified atom stereocenters. The molecule has 1 atom stereocenters. The van der Waals surface area contributed by atoms with E-state index < -0.39 is 0 Å². The van der Waals surface area contributed by atoms with Crippen LogP contribution in [0, 0.1) is 0 Å². The van der Waals surface area contributed by atoms with Gasteiger partial charge >= 0.3 is 0 Å². The maximum Gasteiger partial charge on any atom is 0.0609 e. The van der Waals surface area contributed by atoms with Gasteiger partial charge in [-0.05, 0) is 38.7 Å². The van der Waals surface area contributed by atoms with Gasteiger partial charge in [-0.3, -0.25) is 0 Å². The summed E-state index contributed by atoms with van der Waals surface area (Å²) in [4.78, 5) is 0. The van der Waals surface area contributed by atoms with Crippen molar-refractivity contribution in [1.82, 2.24) is 0 Å². The normalized spacial score (nSPS) is 13.2. The molecule has 0 rings (SSSR count). The largest absolute Gasteiger partial charge is 0.150 e. The fraction of sp³-hybridized carbons (Fsp3) is 1.00. The average molecular weight is 261 g/mol. The average Bonchev–Trinajstić information content (AvgIpc) is 2.11. The molecule has 0 aliphatic heterocycles. The summed E-state index contributed by atoms with van der Waals surface area (Å²) in [5.41, 5.74) is 0. The minimum atomic E-state index is 0.768. The summed E-state index contributed by atoms with van der Waals surface area (Å²) in [5.74, 6) is 1.27. The Morgan fingerprint density at radius 3 is 2.42 bits per heavy atom. The van der Waals surface area contributed by atoms with Crippen molar-refractivity contribution < 1.29 is 0 Å². The molecule has 0 aromatic heterocycles. The van der Waals surface area contributed by atoms with Gasteiger partial charge in [0.15, 0.2) is 0 Å². The van der Waals surface area contributed by atoms with Gasteiger partial charge in [-0.1, -0.05) is 35.4 Å². The van der Waals surface area contributed by atoms with E-state index in [1.807, 2.05) is 53.0 Å². The Kier molecular flexibility index (Phi) is 12.4. The first-order valence-electron chi connectivity index (χ1n) is 3.99. The summed E-state index contributed by atoms with van der Waals surface area (Å²) in [6, 6.07) is 0. The second-order valence-electron chi connectivity index (χ2n) is 2.13. The summed E-state index contributed by atoms with van der Waals surface area (Å²) in [5, 5.41) is 0. The molecule has 74 valence electrons. The van der Waals surface area contributed by atoms with E-state index >= 15 is 0 Å². The monoisotopic (exact) mass is 260 g/mol. The summed E-state index contributed by atoms with van der Waals surface area (Å²) in [6.45, 7) is 4.47. The second kappa shape index (κ2) is 10.8. The Morgan fingerprint density at radius 1 is 1.17 bits per heavy atom. The van der Waals surface area contributed by atoms with Crippen molar-refractivity contribution in [2.24, 2.45) is 0 Å². The van der Waals surface area contributed by atoms with E-state index in [9.17, 15) is 0 Å². The highest BCUT2D eigenvalue weighted by molar-refractivity contribution is 9.26. The van der Waals surface area contributed by atoms with Crippen LogP contribution in [-0.2, 0) is 0 Å². The third-order valence-corrected chi connectivity index (χ3v) is 10.0. The van der Waals surface area contributed by atoms with E-state index in [1.54, 1.807) is 0 Å². The molecular weight excluding hydrogens is 244 g/mol. The summed E-state index contributed by atoms with van der Waals surface area (Å²) >= 11 is 1.95. The molecule has 0 saturated carbocycles. The van der Waals surface area contributed by atoms with Crippen molar-refractivity contribution in [3.63, 3.8) is 0 Å². The van der Waals surface area contributed by atoms with E-state index in [0.717, 1.165) is 4.58 Å². The van der Waals surface area contributed by atoms with Gasteiger partial charge in [-0.15, -0.1) is 0 Å². The molecule has 0 radical (unpaired) electrons. The van der Waals surface area contributed by atoms with Crippen LogP contribution in [0.15, 0.2) is 0 Å². The standard InChI is InChI=1S/C7H16S5/c1-4-6-9-11-12-10-7(5-2)8-3/h7H,4-6H2,1-3H3. The van der Waals surface area contributed by atoms with Gasteiger partial charge in [-0.25, -0.2) is 0 Å². The van der Waals surface area contributed by atoms with E-state index in [0.29, 0.717) is 0 Å². The lowest BCUT2D eigenvalue weighted by Crippen LogP contribution is -1.87. The predicted molar refractivity (Wildman–Crippen MR) is 73.1 cm³/mol. The Labute approximate surface area is 95.7 Å². The highest BCUT2D eigenvalue weighted by Gasteiger charge is 2.04. The SMILES string of the molecule is CCCSSSSC(CC)SC. The molecule has 0 heterocycles. The summed E-state index contributed by atoms with van der Waals surface area (Å²) in [6.07, 6.45) is 4.73. The van der Waals surface area contributed by atoms with Crippen molar-refractivity contribution in [2.75, 3.05) is 12.0 Å². The van der Waals surface area contributed by atoms with Crippen molar-refractivity contribution >= 4 is 53.0 Å². The summed E-state index contributed by atoms with van der Waals surface area (Å²) < 4.78 is 0.768. The Balaban J connectivity index is 3.06. The molecule has 0 amide bonds. The van der Waals surface area contributed by atoms with E-state index in [1.165, 1.54) is 18.6 Å². The molecule has 0 aromatic rings. The van der Waals surface area contributed by atoms with Gasteiger partial charge in [0.25, 0.3) is 0 Å². The first kappa shape index (κ1) is 13.8. The Hall–Kier alpha value is 1.75. The molecule has 0 fully saturated rings. The minimum Gasteiger partial charge on any atom is -0.150 e. The molecule has 0 aliphatic rings. The Morgan fingerprint density at radius 2 is 1.92 bits per heavy atom. The molecule has 0 spiro atoms. The zero-order valence-corrected chi connectivity index (χ0v) is 11.8. The zero-order chi connectivity index (χ0) is 9.23. The lowest BCUT2D eigenvalue weighted by atomic mass is 10.6. The molecule has 12 heavy (non-hydrogen) atoms. The van der Waals surface area contributed by atoms with E-state index in [2.05, 4.69) is 20.1 Å². The third-order valence-electron chi connectivity index (χ3n) is 1.11. The lowest BCUT2D eigenvalue weighted by Gasteiger charge is -2.08. The molecule has 0 N–H and O–H groups in total. The Bertz CT molecular complexity index is 83.9. The topological polar surface area (TPSA) is 0 Å². The van der Waals surface area contributed by atoms with Crippen LogP contribution in [0.2, 0.25) is 0 Å². The number of rotatable bonds is 8. The van der Waals surface area contributed by atoms with Gasteiger partial charge < -0.3 is 0 Å². The van der Waals surface area contributed by atoms with Crippen LogP contribution in [0.3, 0.4) is 0 Å². The van der Waals surface area contributed by atoms with E-state index in [4.69, 9.17) is 0 Å². The smallest absolute Gasteiger partial charge is 0.0609 e. The number of hydrogen-bond acceptors (Lipinski definition) is 5. The molecular formula is C7H16S5. The molecule has 0 aromatic carbocycles. The van der Waals surface area contributed by atoms with Crippen molar-refractivity contribution in [3.05, 3.63) is 0 Å². The van der Waals surface area contributed by atoms with Gasteiger partial charge in [0.05, 0.1) is 4.58 Å². The maximum atomic E-state index is 2.25. The van der Waals surface area contributed by atoms with Crippen LogP contribution in [-0.4, -0.2) is 16.6 Å². The van der Waals surface area contributed by atoms with Gasteiger partial charge in [-0.2, -0.15) is 11.8 Å². The van der Waals surface area contributed by atoms with E-state index in [-0.39, 0.29) is 0 Å². The zero-order valence-electron chi connectivity index (χ0n) is 7.74. The molecule has 5 heteroatoms. The van der Waals surface area contributed by atoms with Crippen LogP contribution in [0.4, 0.5) is 0 Å². The minimum absolute atomic E-state index is 0.768. The maximum absolute atomic E-state index is 2.25. The second-order valence-corrected chi connectivity index (χ2v) is 9.69. The van der Waals surface area contributed by atoms with Crippen LogP contribution in [0.5, 0.6) is 0 Å². The van der Waals surface area contributed by atoms with Gasteiger partial charge in [0.2, 0.25) is 0 Å². The van der Waals surface area contributed by atoms with Crippen LogP contribution >= 0.6 is 53.0 Å². The lowest BCUT2D eigenvalue weighted by molar-refractivity contribution is 1.06. The highest BCUT2D eigenvalue weighted by atomic mass is 33.7. The molecule has 0 aliphatic carbocycles. The highest BCUT2D eigenvalue weighted by Crippen LogP contribution is 2.47. The fourth-order valence-corrected chi connectivity index (χ4v) is 8.78. The van der Waals surface area contributed by atoms with Crippen LogP contribution in [0.25, 0.3) is 0 Å². The molecule has 0 saturated heterocycles. The van der Waals surface area contributed by atoms with Crippen LogP contribution in [0.1, 0.15) is 26.7 Å². The predicted octanol–water partition coefficient (Wildman–Crippen LogP) is 5.17. The van der Waals surface area contributed by atoms with Gasteiger partial charge in [0, 0.05) is 5.75 Å². The number of hydrogen-bond donors (Lipinski definition) is 0. The van der Waals surface area contributed by atoms with Crippen molar-refractivity contribution in [2.45, 2.75) is 31.3 Å².